The van der Waals surface area contributed by atoms with Crippen molar-refractivity contribution in [1.82, 2.24) is 5.32 Å². The summed E-state index contributed by atoms with van der Waals surface area (Å²) in [7, 11) is 1.56. The second kappa shape index (κ2) is 11.2. The predicted octanol–water partition coefficient (Wildman–Crippen LogP) is 6.79. The van der Waals surface area contributed by atoms with Gasteiger partial charge in [-0.15, -0.1) is 0 Å². The molecule has 194 valence electrons. The first-order valence-electron chi connectivity index (χ1n) is 12.6. The number of dihydropyridines is 1. The first-order chi connectivity index (χ1) is 18.9. The molecule has 39 heavy (non-hydrogen) atoms. The van der Waals surface area contributed by atoms with Crippen molar-refractivity contribution < 1.29 is 14.3 Å². The highest BCUT2D eigenvalue weighted by Gasteiger charge is 2.39. The minimum Gasteiger partial charge on any atom is -0.493 e. The van der Waals surface area contributed by atoms with E-state index in [1.165, 1.54) is 0 Å². The normalized spacial score (nSPS) is 18.5. The summed E-state index contributed by atoms with van der Waals surface area (Å²) in [4.78, 5) is 13.7. The molecule has 2 unspecified atom stereocenters. The van der Waals surface area contributed by atoms with Gasteiger partial charge in [-0.1, -0.05) is 42.5 Å². The molecule has 0 amide bonds. The van der Waals surface area contributed by atoms with Crippen LogP contribution < -0.4 is 14.8 Å². The van der Waals surface area contributed by atoms with Crippen LogP contribution in [-0.2, 0) is 11.4 Å². The summed E-state index contributed by atoms with van der Waals surface area (Å²) in [6, 6.07) is 25.5. The lowest BCUT2D eigenvalue weighted by atomic mass is 9.72. The number of rotatable bonds is 6. The van der Waals surface area contributed by atoms with Crippen LogP contribution in [0.5, 0.6) is 11.5 Å². The van der Waals surface area contributed by atoms with Gasteiger partial charge in [-0.05, 0) is 76.1 Å². The second-order valence-electron chi connectivity index (χ2n) is 9.67. The van der Waals surface area contributed by atoms with E-state index in [9.17, 15) is 15.3 Å². The molecule has 0 radical (unpaired) electrons. The van der Waals surface area contributed by atoms with Gasteiger partial charge in [0.25, 0.3) is 0 Å². The molecular formula is C32H26BrN3O3. The smallest absolute Gasteiger partial charge is 0.175 e. The van der Waals surface area contributed by atoms with Crippen molar-refractivity contribution in [3.05, 3.63) is 116 Å². The number of hydrogen-bond acceptors (Lipinski definition) is 6. The Hall–Kier alpha value is -4.33. The fraction of sp³-hybridized carbons (Fsp3) is 0.219. The Balaban J connectivity index is 1.51. The zero-order valence-corrected chi connectivity index (χ0v) is 23.2. The molecule has 1 heterocycles. The standard InChI is InChI=1S/C32H26BrN3O3/c1-19-25(17-35)30(31-27(36-19)13-23(14-28(31)37)22-9-4-3-5-10-22)24-12-26(33)32(29(15-24)38-2)39-18-21-8-6-7-20(11-21)16-34/h3-12,15,23,30,36H,13-14,18H2,1-2H3. The predicted molar refractivity (Wildman–Crippen MR) is 151 cm³/mol. The van der Waals surface area contributed by atoms with E-state index in [1.807, 2.05) is 49.4 Å². The minimum absolute atomic E-state index is 0.0376. The van der Waals surface area contributed by atoms with Crippen molar-refractivity contribution in [3.63, 3.8) is 0 Å². The fourth-order valence-electron chi connectivity index (χ4n) is 5.41. The van der Waals surface area contributed by atoms with Gasteiger partial charge in [-0.25, -0.2) is 0 Å². The Bertz CT molecular complexity index is 1600. The molecule has 0 aromatic heterocycles. The van der Waals surface area contributed by atoms with Gasteiger partial charge in [0.15, 0.2) is 17.3 Å². The van der Waals surface area contributed by atoms with E-state index < -0.39 is 5.92 Å². The quantitative estimate of drug-likeness (QED) is 0.345. The summed E-state index contributed by atoms with van der Waals surface area (Å²) < 4.78 is 12.5. The number of ketones is 1. The highest BCUT2D eigenvalue weighted by molar-refractivity contribution is 9.10. The first kappa shape index (κ1) is 26.3. The van der Waals surface area contributed by atoms with E-state index in [4.69, 9.17) is 9.47 Å². The fourth-order valence-corrected chi connectivity index (χ4v) is 5.99. The average Bonchev–Trinajstić information content (AvgIpc) is 2.95. The van der Waals surface area contributed by atoms with Crippen LogP contribution in [-0.4, -0.2) is 12.9 Å². The molecule has 1 N–H and O–H groups in total. The van der Waals surface area contributed by atoms with Crippen LogP contribution in [0.2, 0.25) is 0 Å². The number of halogens is 1. The van der Waals surface area contributed by atoms with E-state index in [-0.39, 0.29) is 18.3 Å². The molecular weight excluding hydrogens is 554 g/mol. The third-order valence-electron chi connectivity index (χ3n) is 7.24. The Labute approximate surface area is 236 Å². The molecule has 3 aromatic rings. The van der Waals surface area contributed by atoms with Gasteiger partial charge in [0.05, 0.1) is 40.8 Å². The molecule has 5 rings (SSSR count). The van der Waals surface area contributed by atoms with E-state index in [0.717, 1.165) is 28.1 Å². The summed E-state index contributed by atoms with van der Waals surface area (Å²) in [5, 5.41) is 22.7. The summed E-state index contributed by atoms with van der Waals surface area (Å²) in [6.45, 7) is 2.12. The van der Waals surface area contributed by atoms with Gasteiger partial charge >= 0.3 is 0 Å². The molecule has 0 bridgehead atoms. The lowest BCUT2D eigenvalue weighted by Crippen LogP contribution is -2.33. The summed E-state index contributed by atoms with van der Waals surface area (Å²) in [5.74, 6) is 0.596. The molecule has 0 saturated carbocycles. The van der Waals surface area contributed by atoms with Gasteiger partial charge in [-0.3, -0.25) is 4.79 Å². The molecule has 3 aromatic carbocycles. The van der Waals surface area contributed by atoms with Crippen LogP contribution in [0, 0.1) is 22.7 Å². The lowest BCUT2D eigenvalue weighted by Gasteiger charge is -2.36. The number of benzene rings is 3. The number of ether oxygens (including phenoxy) is 2. The SMILES string of the molecule is COc1cc(C2C(C#N)=C(C)NC3=C2C(=O)CC(c2ccccc2)C3)cc(Br)c1OCc1cccc(C#N)c1. The maximum absolute atomic E-state index is 13.7. The first-order valence-corrected chi connectivity index (χ1v) is 13.4. The minimum atomic E-state index is -0.512. The molecule has 2 aliphatic rings. The van der Waals surface area contributed by atoms with Crippen LogP contribution in [0.15, 0.2) is 93.7 Å². The molecule has 0 spiro atoms. The van der Waals surface area contributed by atoms with Gasteiger partial charge in [-0.2, -0.15) is 10.5 Å². The van der Waals surface area contributed by atoms with Gasteiger partial charge in [0.2, 0.25) is 0 Å². The highest BCUT2D eigenvalue weighted by Crippen LogP contribution is 2.48. The highest BCUT2D eigenvalue weighted by atomic mass is 79.9. The van der Waals surface area contributed by atoms with E-state index in [1.54, 1.807) is 19.2 Å². The molecule has 1 aliphatic carbocycles. The number of Topliss-reactive ketones (excluding diaryl/α,β-unsaturated/α-hetero) is 1. The Morgan fingerprint density at radius 1 is 1.00 bits per heavy atom. The molecule has 2 atom stereocenters. The van der Waals surface area contributed by atoms with Crippen LogP contribution in [0.4, 0.5) is 0 Å². The van der Waals surface area contributed by atoms with Gasteiger partial charge in [0.1, 0.15) is 6.61 Å². The van der Waals surface area contributed by atoms with Crippen molar-refractivity contribution in [3.8, 4) is 23.6 Å². The monoisotopic (exact) mass is 579 g/mol. The van der Waals surface area contributed by atoms with E-state index in [0.29, 0.717) is 45.5 Å². The van der Waals surface area contributed by atoms with Crippen LogP contribution >= 0.6 is 15.9 Å². The number of carbonyl (C=O) groups excluding carboxylic acids is 1. The number of nitrogens with zero attached hydrogens (tertiary/aromatic N) is 2. The van der Waals surface area contributed by atoms with Crippen LogP contribution in [0.25, 0.3) is 0 Å². The largest absolute Gasteiger partial charge is 0.493 e. The molecule has 6 nitrogen and oxygen atoms in total. The van der Waals surface area contributed by atoms with E-state index >= 15 is 0 Å². The second-order valence-corrected chi connectivity index (χ2v) is 10.5. The third-order valence-corrected chi connectivity index (χ3v) is 7.83. The molecule has 0 fully saturated rings. The van der Waals surface area contributed by atoms with Gasteiger partial charge in [0, 0.05) is 23.4 Å². The average molecular weight is 580 g/mol. The number of hydrogen-bond donors (Lipinski definition) is 1. The maximum Gasteiger partial charge on any atom is 0.175 e. The third kappa shape index (κ3) is 5.19. The van der Waals surface area contributed by atoms with Crippen molar-refractivity contribution in [2.75, 3.05) is 7.11 Å². The summed E-state index contributed by atoms with van der Waals surface area (Å²) >= 11 is 3.63. The zero-order valence-electron chi connectivity index (χ0n) is 21.6. The number of nitrogens with one attached hydrogen (secondary N) is 1. The summed E-state index contributed by atoms with van der Waals surface area (Å²) in [6.07, 6.45) is 1.08. The number of allylic oxidation sites excluding steroid dienone is 4. The van der Waals surface area contributed by atoms with Crippen molar-refractivity contribution in [2.24, 2.45) is 0 Å². The number of carbonyl (C=O) groups is 1. The number of methoxy groups -OCH3 is 1. The van der Waals surface area contributed by atoms with Crippen LogP contribution in [0.3, 0.4) is 0 Å². The number of nitriles is 2. The topological polar surface area (TPSA) is 95.1 Å². The Morgan fingerprint density at radius 2 is 1.79 bits per heavy atom. The summed E-state index contributed by atoms with van der Waals surface area (Å²) in [5.41, 5.74) is 6.08. The molecule has 1 aliphatic heterocycles. The van der Waals surface area contributed by atoms with E-state index in [2.05, 4.69) is 45.5 Å². The van der Waals surface area contributed by atoms with Crippen molar-refractivity contribution >= 4 is 21.7 Å². The molecule has 7 heteroatoms. The lowest BCUT2D eigenvalue weighted by molar-refractivity contribution is -0.116. The maximum atomic E-state index is 13.7. The van der Waals surface area contributed by atoms with Crippen molar-refractivity contribution in [1.29, 1.82) is 10.5 Å². The van der Waals surface area contributed by atoms with Gasteiger partial charge < -0.3 is 14.8 Å². The molecule has 0 saturated heterocycles. The zero-order chi connectivity index (χ0) is 27.5. The Morgan fingerprint density at radius 3 is 2.51 bits per heavy atom. The van der Waals surface area contributed by atoms with Crippen molar-refractivity contribution in [2.45, 2.75) is 38.2 Å². The Kier molecular flexibility index (Phi) is 7.54. The van der Waals surface area contributed by atoms with Crippen LogP contribution in [0.1, 0.15) is 53.9 Å².